The molecule has 1 aromatic heterocycles. The van der Waals surface area contributed by atoms with E-state index < -0.39 is 0 Å². The van der Waals surface area contributed by atoms with Crippen LogP contribution in [0, 0.1) is 6.92 Å². The fourth-order valence-corrected chi connectivity index (χ4v) is 1.99. The van der Waals surface area contributed by atoms with Crippen LogP contribution >= 0.6 is 24.8 Å². The summed E-state index contributed by atoms with van der Waals surface area (Å²) < 4.78 is 11.0. The number of amides is 1. The number of rotatable bonds is 6. The quantitative estimate of drug-likeness (QED) is 0.788. The Bertz CT molecular complexity index is 679. The highest BCUT2D eigenvalue weighted by atomic mass is 35.5. The van der Waals surface area contributed by atoms with Gasteiger partial charge in [0.15, 0.2) is 11.5 Å². The zero-order chi connectivity index (χ0) is 16.8. The van der Waals surface area contributed by atoms with Gasteiger partial charge in [0.25, 0.3) is 0 Å². The summed E-state index contributed by atoms with van der Waals surface area (Å²) in [5.74, 6) is 1.49. The number of methoxy groups -OCH3 is 1. The van der Waals surface area contributed by atoms with Gasteiger partial charge in [0.1, 0.15) is 0 Å². The maximum atomic E-state index is 11.6. The van der Waals surface area contributed by atoms with E-state index in [0.29, 0.717) is 23.1 Å². The molecular formula is C17H23Cl2N3O3. The van der Waals surface area contributed by atoms with E-state index in [2.05, 4.69) is 10.3 Å². The third kappa shape index (κ3) is 7.17. The summed E-state index contributed by atoms with van der Waals surface area (Å²) in [4.78, 5) is 15.8. The molecular weight excluding hydrogens is 365 g/mol. The Morgan fingerprint density at radius 1 is 1.24 bits per heavy atom. The van der Waals surface area contributed by atoms with Crippen molar-refractivity contribution in [3.63, 3.8) is 0 Å². The number of nitrogens with zero attached hydrogens (tertiary/aromatic N) is 1. The smallest absolute Gasteiger partial charge is 0.225 e. The molecule has 2 rings (SSSR count). The zero-order valence-electron chi connectivity index (χ0n) is 14.3. The van der Waals surface area contributed by atoms with Crippen LogP contribution in [0.5, 0.6) is 17.4 Å². The predicted molar refractivity (Wildman–Crippen MR) is 103 cm³/mol. The first-order valence-electron chi connectivity index (χ1n) is 7.32. The first kappa shape index (κ1) is 23.0. The van der Waals surface area contributed by atoms with E-state index in [4.69, 9.17) is 15.2 Å². The van der Waals surface area contributed by atoms with Gasteiger partial charge in [-0.1, -0.05) is 6.07 Å². The summed E-state index contributed by atoms with van der Waals surface area (Å²) in [7, 11) is 1.59. The van der Waals surface area contributed by atoms with Crippen LogP contribution in [0.3, 0.4) is 0 Å². The molecule has 0 fully saturated rings. The Morgan fingerprint density at radius 2 is 1.96 bits per heavy atom. The van der Waals surface area contributed by atoms with Gasteiger partial charge >= 0.3 is 0 Å². The number of aryl methyl sites for hydroxylation is 1. The lowest BCUT2D eigenvalue weighted by atomic mass is 10.2. The molecule has 0 saturated carbocycles. The minimum absolute atomic E-state index is 0. The van der Waals surface area contributed by atoms with Crippen molar-refractivity contribution in [1.29, 1.82) is 0 Å². The Morgan fingerprint density at radius 3 is 2.52 bits per heavy atom. The summed E-state index contributed by atoms with van der Waals surface area (Å²) in [6.07, 6.45) is 1.80. The van der Waals surface area contributed by atoms with E-state index in [-0.39, 0.29) is 43.2 Å². The fraction of sp³-hybridized carbons (Fsp3) is 0.294. The molecule has 1 unspecified atom stereocenters. The number of nitrogens with two attached hydrogens (primary N) is 1. The molecule has 0 spiro atoms. The summed E-state index contributed by atoms with van der Waals surface area (Å²) in [5, 5.41) is 2.73. The highest BCUT2D eigenvalue weighted by Crippen LogP contribution is 2.31. The average molecular weight is 388 g/mol. The largest absolute Gasteiger partial charge is 0.493 e. The molecule has 0 bridgehead atoms. The predicted octanol–water partition coefficient (Wildman–Crippen LogP) is 3.71. The third-order valence-corrected chi connectivity index (χ3v) is 3.06. The lowest BCUT2D eigenvalue weighted by molar-refractivity contribution is -0.116. The Balaban J connectivity index is 0.00000288. The molecule has 1 atom stereocenters. The van der Waals surface area contributed by atoms with Crippen molar-refractivity contribution in [3.8, 4) is 17.4 Å². The van der Waals surface area contributed by atoms with Gasteiger partial charge in [0.05, 0.1) is 19.0 Å². The standard InChI is InChI=1S/C17H21N3O3.2ClH/c1-11-4-6-14(15(8-11)22-3)23-17-7-5-13(10-19-17)20-16(21)9-12(2)18;;/h4-8,10,12H,9,18H2,1-3H3,(H,20,21);2*1H. The average Bonchev–Trinajstić information content (AvgIpc) is 2.50. The SMILES string of the molecule is COc1cc(C)ccc1Oc1ccc(NC(=O)CC(C)N)cn1.Cl.Cl. The molecule has 0 aliphatic carbocycles. The van der Waals surface area contributed by atoms with E-state index in [9.17, 15) is 4.79 Å². The number of aromatic nitrogens is 1. The minimum atomic E-state index is -0.181. The van der Waals surface area contributed by atoms with E-state index in [0.717, 1.165) is 5.56 Å². The van der Waals surface area contributed by atoms with E-state index in [1.54, 1.807) is 26.2 Å². The summed E-state index contributed by atoms with van der Waals surface area (Å²) in [6.45, 7) is 3.76. The maximum Gasteiger partial charge on any atom is 0.225 e. The lowest BCUT2D eigenvalue weighted by Crippen LogP contribution is -2.23. The second-order valence-corrected chi connectivity index (χ2v) is 5.37. The van der Waals surface area contributed by atoms with Crippen molar-refractivity contribution >= 4 is 36.4 Å². The van der Waals surface area contributed by atoms with Gasteiger partial charge < -0.3 is 20.5 Å². The topological polar surface area (TPSA) is 86.5 Å². The van der Waals surface area contributed by atoms with E-state index >= 15 is 0 Å². The van der Waals surface area contributed by atoms with Crippen molar-refractivity contribution in [2.75, 3.05) is 12.4 Å². The van der Waals surface area contributed by atoms with Crippen LogP contribution in [0.4, 0.5) is 5.69 Å². The first-order valence-corrected chi connectivity index (χ1v) is 7.32. The van der Waals surface area contributed by atoms with Gasteiger partial charge in [0.2, 0.25) is 11.8 Å². The molecule has 8 heteroatoms. The van der Waals surface area contributed by atoms with Crippen LogP contribution in [0.25, 0.3) is 0 Å². The zero-order valence-corrected chi connectivity index (χ0v) is 15.9. The van der Waals surface area contributed by atoms with Crippen LogP contribution in [0.2, 0.25) is 0 Å². The molecule has 0 aliphatic heterocycles. The van der Waals surface area contributed by atoms with Crippen LogP contribution < -0.4 is 20.5 Å². The first-order chi connectivity index (χ1) is 11.0. The third-order valence-electron chi connectivity index (χ3n) is 3.06. The summed E-state index contributed by atoms with van der Waals surface area (Å²) in [6, 6.07) is 8.87. The van der Waals surface area contributed by atoms with Gasteiger partial charge in [0, 0.05) is 18.5 Å². The molecule has 1 heterocycles. The number of nitrogens with one attached hydrogen (secondary N) is 1. The summed E-state index contributed by atoms with van der Waals surface area (Å²) in [5.41, 5.74) is 7.26. The van der Waals surface area contributed by atoms with Crippen LogP contribution in [-0.2, 0) is 4.79 Å². The normalized spacial score (nSPS) is 10.7. The number of carbonyl (C=O) groups excluding carboxylic acids is 1. The number of hydrogen-bond acceptors (Lipinski definition) is 5. The molecule has 0 radical (unpaired) electrons. The Kier molecular flexibility index (Phi) is 9.89. The molecule has 6 nitrogen and oxygen atoms in total. The maximum absolute atomic E-state index is 11.6. The van der Waals surface area contributed by atoms with Crippen LogP contribution in [0.15, 0.2) is 36.5 Å². The Hall–Kier alpha value is -2.02. The molecule has 25 heavy (non-hydrogen) atoms. The number of ether oxygens (including phenoxy) is 2. The molecule has 1 amide bonds. The molecule has 2 aromatic rings. The molecule has 1 aromatic carbocycles. The number of anilines is 1. The molecule has 3 N–H and O–H groups in total. The highest BCUT2D eigenvalue weighted by molar-refractivity contribution is 5.90. The van der Waals surface area contributed by atoms with Crippen molar-refractivity contribution in [3.05, 3.63) is 42.1 Å². The minimum Gasteiger partial charge on any atom is -0.493 e. The number of carbonyl (C=O) groups is 1. The van der Waals surface area contributed by atoms with Crippen molar-refractivity contribution in [2.45, 2.75) is 26.3 Å². The highest BCUT2D eigenvalue weighted by Gasteiger charge is 2.08. The van der Waals surface area contributed by atoms with Crippen LogP contribution in [-0.4, -0.2) is 24.0 Å². The second kappa shape index (κ2) is 10.8. The van der Waals surface area contributed by atoms with Crippen LogP contribution in [0.1, 0.15) is 18.9 Å². The molecule has 0 saturated heterocycles. The fourth-order valence-electron chi connectivity index (χ4n) is 1.99. The van der Waals surface area contributed by atoms with Gasteiger partial charge in [-0.25, -0.2) is 4.98 Å². The lowest BCUT2D eigenvalue weighted by Gasteiger charge is -2.11. The van der Waals surface area contributed by atoms with Gasteiger partial charge in [-0.3, -0.25) is 4.79 Å². The van der Waals surface area contributed by atoms with Crippen molar-refractivity contribution in [1.82, 2.24) is 4.98 Å². The van der Waals surface area contributed by atoms with E-state index in [1.165, 1.54) is 6.20 Å². The molecule has 138 valence electrons. The number of pyridine rings is 1. The summed E-state index contributed by atoms with van der Waals surface area (Å²) >= 11 is 0. The van der Waals surface area contributed by atoms with Crippen molar-refractivity contribution in [2.24, 2.45) is 5.73 Å². The second-order valence-electron chi connectivity index (χ2n) is 5.37. The molecule has 0 aliphatic rings. The number of hydrogen-bond donors (Lipinski definition) is 2. The number of benzene rings is 1. The monoisotopic (exact) mass is 387 g/mol. The van der Waals surface area contributed by atoms with Gasteiger partial charge in [-0.15, -0.1) is 24.8 Å². The Labute approximate surface area is 159 Å². The van der Waals surface area contributed by atoms with Gasteiger partial charge in [-0.05, 0) is 37.6 Å². The van der Waals surface area contributed by atoms with E-state index in [1.807, 2.05) is 25.1 Å². The number of halogens is 2. The van der Waals surface area contributed by atoms with Gasteiger partial charge in [-0.2, -0.15) is 0 Å². The van der Waals surface area contributed by atoms with Crippen molar-refractivity contribution < 1.29 is 14.3 Å².